The summed E-state index contributed by atoms with van der Waals surface area (Å²) in [6, 6.07) is 10.9. The van der Waals surface area contributed by atoms with E-state index in [0.717, 1.165) is 27.7 Å². The molecule has 0 aliphatic rings. The largest absolute Gasteiger partial charge is 0.325 e. The molecule has 28 heavy (non-hydrogen) atoms. The van der Waals surface area contributed by atoms with Crippen molar-refractivity contribution in [2.45, 2.75) is 13.3 Å². The summed E-state index contributed by atoms with van der Waals surface area (Å²) in [5.41, 5.74) is 2.87. The van der Waals surface area contributed by atoms with E-state index in [1.807, 2.05) is 25.1 Å². The number of nitrogens with zero attached hydrogens (tertiary/aromatic N) is 3. The van der Waals surface area contributed by atoms with Crippen LogP contribution in [0.5, 0.6) is 0 Å². The molecule has 1 aromatic carbocycles. The molecule has 0 spiro atoms. The van der Waals surface area contributed by atoms with Crippen LogP contribution in [0.15, 0.2) is 48.0 Å². The Labute approximate surface area is 163 Å². The summed E-state index contributed by atoms with van der Waals surface area (Å²) < 4.78 is 28.0. The minimum atomic E-state index is -3.61. The van der Waals surface area contributed by atoms with Crippen LogP contribution in [0.1, 0.15) is 17.7 Å². The van der Waals surface area contributed by atoms with E-state index in [1.54, 1.807) is 36.1 Å². The number of amides is 1. The van der Waals surface area contributed by atoms with Gasteiger partial charge in [0.05, 0.1) is 17.6 Å². The second kappa shape index (κ2) is 8.32. The minimum Gasteiger partial charge on any atom is -0.325 e. The maximum absolute atomic E-state index is 12.1. The lowest BCUT2D eigenvalue weighted by atomic mass is 10.2. The van der Waals surface area contributed by atoms with Crippen LogP contribution in [0, 0.1) is 6.92 Å². The standard InChI is InChI=1S/C19H21N5O3S/c1-14-17-12-16(13-20-19(17)24(2)23-14)22-18(25)8-10-21-28(26,27)11-9-15-6-4-3-5-7-15/h3-7,9,11-13,21H,8,10H2,1-2H3,(H,22,25). The van der Waals surface area contributed by atoms with Crippen LogP contribution in [0.2, 0.25) is 0 Å². The second-order valence-electron chi connectivity index (χ2n) is 6.26. The zero-order valence-electron chi connectivity index (χ0n) is 15.6. The van der Waals surface area contributed by atoms with E-state index in [0.29, 0.717) is 5.69 Å². The number of anilines is 1. The number of nitrogens with one attached hydrogen (secondary N) is 2. The van der Waals surface area contributed by atoms with Gasteiger partial charge in [0.1, 0.15) is 0 Å². The van der Waals surface area contributed by atoms with E-state index in [9.17, 15) is 13.2 Å². The molecule has 9 heteroatoms. The first-order chi connectivity index (χ1) is 13.3. The van der Waals surface area contributed by atoms with E-state index in [2.05, 4.69) is 20.1 Å². The molecule has 3 aromatic rings. The molecule has 2 aromatic heterocycles. The van der Waals surface area contributed by atoms with Crippen molar-refractivity contribution in [1.29, 1.82) is 0 Å². The number of sulfonamides is 1. The first kappa shape index (κ1) is 19.7. The van der Waals surface area contributed by atoms with Crippen LogP contribution in [0.25, 0.3) is 17.1 Å². The van der Waals surface area contributed by atoms with Crippen LogP contribution in [-0.4, -0.2) is 35.6 Å². The Morgan fingerprint density at radius 1 is 1.25 bits per heavy atom. The van der Waals surface area contributed by atoms with E-state index < -0.39 is 10.0 Å². The fourth-order valence-electron chi connectivity index (χ4n) is 2.69. The summed E-state index contributed by atoms with van der Waals surface area (Å²) in [7, 11) is -1.81. The predicted octanol–water partition coefficient (Wildman–Crippen LogP) is 2.20. The number of pyridine rings is 1. The van der Waals surface area contributed by atoms with Crippen molar-refractivity contribution in [2.24, 2.45) is 7.05 Å². The van der Waals surface area contributed by atoms with Crippen LogP contribution >= 0.6 is 0 Å². The molecule has 0 bridgehead atoms. The Morgan fingerprint density at radius 2 is 2.00 bits per heavy atom. The fraction of sp³-hybridized carbons (Fsp3) is 0.211. The number of hydrogen-bond donors (Lipinski definition) is 2. The molecule has 146 valence electrons. The summed E-state index contributed by atoms with van der Waals surface area (Å²) in [4.78, 5) is 16.4. The van der Waals surface area contributed by atoms with Gasteiger partial charge in [0.15, 0.2) is 5.65 Å². The number of aromatic nitrogens is 3. The Kier molecular flexibility index (Phi) is 5.86. The SMILES string of the molecule is Cc1nn(C)c2ncc(NC(=O)CCNS(=O)(=O)C=Cc3ccccc3)cc12. The molecule has 1 amide bonds. The first-order valence-electron chi connectivity index (χ1n) is 8.66. The molecule has 8 nitrogen and oxygen atoms in total. The molecule has 0 radical (unpaired) electrons. The highest BCUT2D eigenvalue weighted by molar-refractivity contribution is 7.92. The highest BCUT2D eigenvalue weighted by atomic mass is 32.2. The number of carbonyl (C=O) groups is 1. The van der Waals surface area contributed by atoms with Gasteiger partial charge in [0, 0.05) is 30.8 Å². The lowest BCUT2D eigenvalue weighted by molar-refractivity contribution is -0.116. The van der Waals surface area contributed by atoms with E-state index in [1.165, 1.54) is 6.08 Å². The minimum absolute atomic E-state index is 0.00245. The van der Waals surface area contributed by atoms with Gasteiger partial charge in [-0.25, -0.2) is 18.1 Å². The van der Waals surface area contributed by atoms with Crippen molar-refractivity contribution in [1.82, 2.24) is 19.5 Å². The third-order valence-electron chi connectivity index (χ3n) is 4.04. The molecule has 3 rings (SSSR count). The number of fused-ring (bicyclic) bond motifs is 1. The van der Waals surface area contributed by atoms with Crippen LogP contribution in [0.4, 0.5) is 5.69 Å². The van der Waals surface area contributed by atoms with Crippen LogP contribution in [-0.2, 0) is 21.9 Å². The molecule has 2 N–H and O–H groups in total. The predicted molar refractivity (Wildman–Crippen MR) is 109 cm³/mol. The lowest BCUT2D eigenvalue weighted by Crippen LogP contribution is -2.26. The zero-order chi connectivity index (χ0) is 20.1. The average molecular weight is 399 g/mol. The topological polar surface area (TPSA) is 106 Å². The molecule has 0 fully saturated rings. The van der Waals surface area contributed by atoms with Gasteiger partial charge in [-0.3, -0.25) is 9.48 Å². The molecular weight excluding hydrogens is 378 g/mol. The van der Waals surface area contributed by atoms with Gasteiger partial charge in [0.25, 0.3) is 0 Å². The maximum atomic E-state index is 12.1. The van der Waals surface area contributed by atoms with Gasteiger partial charge >= 0.3 is 0 Å². The number of benzene rings is 1. The number of hydrogen-bond acceptors (Lipinski definition) is 5. The highest BCUT2D eigenvalue weighted by Gasteiger charge is 2.10. The zero-order valence-corrected chi connectivity index (χ0v) is 16.4. The van der Waals surface area contributed by atoms with Crippen molar-refractivity contribution < 1.29 is 13.2 Å². The smallest absolute Gasteiger partial charge is 0.233 e. The highest BCUT2D eigenvalue weighted by Crippen LogP contribution is 2.19. The summed E-state index contributed by atoms with van der Waals surface area (Å²) in [5, 5.41) is 8.95. The number of aryl methyl sites for hydroxylation is 2. The Hall–Kier alpha value is -3.04. The van der Waals surface area contributed by atoms with Crippen LogP contribution in [0.3, 0.4) is 0 Å². The van der Waals surface area contributed by atoms with Crippen molar-refractivity contribution in [3.8, 4) is 0 Å². The van der Waals surface area contributed by atoms with Crippen molar-refractivity contribution in [3.63, 3.8) is 0 Å². The van der Waals surface area contributed by atoms with Gasteiger partial charge in [-0.15, -0.1) is 0 Å². The molecule has 2 heterocycles. The van der Waals surface area contributed by atoms with Gasteiger partial charge in [-0.05, 0) is 24.6 Å². The quantitative estimate of drug-likeness (QED) is 0.633. The number of rotatable bonds is 7. The molecular formula is C19H21N5O3S. The van der Waals surface area contributed by atoms with E-state index >= 15 is 0 Å². The normalized spacial score (nSPS) is 11.9. The first-order valence-corrected chi connectivity index (χ1v) is 10.2. The van der Waals surface area contributed by atoms with E-state index in [-0.39, 0.29) is 18.9 Å². The molecule has 0 saturated heterocycles. The van der Waals surface area contributed by atoms with Crippen molar-refractivity contribution >= 4 is 38.7 Å². The molecule has 0 aliphatic heterocycles. The molecule has 0 atom stereocenters. The fourth-order valence-corrected chi connectivity index (χ4v) is 3.51. The maximum Gasteiger partial charge on any atom is 0.233 e. The van der Waals surface area contributed by atoms with Crippen molar-refractivity contribution in [3.05, 3.63) is 59.3 Å². The second-order valence-corrected chi connectivity index (χ2v) is 7.91. The molecule has 0 saturated carbocycles. The summed E-state index contributed by atoms with van der Waals surface area (Å²) >= 11 is 0. The monoisotopic (exact) mass is 399 g/mol. The number of carbonyl (C=O) groups excluding carboxylic acids is 1. The van der Waals surface area contributed by atoms with Gasteiger partial charge in [0.2, 0.25) is 15.9 Å². The third-order valence-corrected chi connectivity index (χ3v) is 5.14. The Balaban J connectivity index is 1.53. The summed E-state index contributed by atoms with van der Waals surface area (Å²) in [6.07, 6.45) is 3.05. The average Bonchev–Trinajstić information content (AvgIpc) is 2.94. The third kappa shape index (κ3) is 5.02. The van der Waals surface area contributed by atoms with E-state index in [4.69, 9.17) is 0 Å². The molecule has 0 aliphatic carbocycles. The van der Waals surface area contributed by atoms with Gasteiger partial charge in [-0.2, -0.15) is 5.10 Å². The van der Waals surface area contributed by atoms with Crippen molar-refractivity contribution in [2.75, 3.05) is 11.9 Å². The van der Waals surface area contributed by atoms with Gasteiger partial charge < -0.3 is 5.32 Å². The Morgan fingerprint density at radius 3 is 2.75 bits per heavy atom. The van der Waals surface area contributed by atoms with Gasteiger partial charge in [-0.1, -0.05) is 30.3 Å². The lowest BCUT2D eigenvalue weighted by Gasteiger charge is -2.06. The summed E-state index contributed by atoms with van der Waals surface area (Å²) in [6.45, 7) is 1.86. The Bertz CT molecular complexity index is 1120. The summed E-state index contributed by atoms with van der Waals surface area (Å²) in [5.74, 6) is -0.308. The van der Waals surface area contributed by atoms with Crippen LogP contribution < -0.4 is 10.0 Å². The molecule has 0 unspecified atom stereocenters.